The molecular weight excluding hydrogens is 238 g/mol. The number of piperazine rings is 1. The van der Waals surface area contributed by atoms with E-state index in [-0.39, 0.29) is 18.1 Å². The third-order valence-electron chi connectivity index (χ3n) is 4.71. The fourth-order valence-corrected chi connectivity index (χ4v) is 3.46. The van der Waals surface area contributed by atoms with Gasteiger partial charge >= 0.3 is 0 Å². The highest BCUT2D eigenvalue weighted by molar-refractivity contribution is 5.30. The van der Waals surface area contributed by atoms with E-state index in [1.165, 1.54) is 5.56 Å². The summed E-state index contributed by atoms with van der Waals surface area (Å²) in [4.78, 5) is 9.11. The lowest BCUT2D eigenvalue weighted by molar-refractivity contribution is 0.000587. The lowest BCUT2D eigenvalue weighted by Crippen LogP contribution is -2.56. The zero-order valence-corrected chi connectivity index (χ0v) is 11.8. The second-order valence-corrected chi connectivity index (χ2v) is 5.99. The number of fused-ring (bicyclic) bond motifs is 1. The molecular formula is C15H23N3O. The Labute approximate surface area is 115 Å². The fraction of sp³-hybridized carbons (Fsp3) is 0.667. The number of pyridine rings is 1. The van der Waals surface area contributed by atoms with E-state index in [0.717, 1.165) is 38.2 Å². The van der Waals surface area contributed by atoms with Crippen molar-refractivity contribution >= 4 is 0 Å². The predicted octanol–water partition coefficient (Wildman–Crippen LogP) is 0.718. The van der Waals surface area contributed by atoms with Gasteiger partial charge in [0.25, 0.3) is 0 Å². The number of hydrogen-bond acceptors (Lipinski definition) is 4. The van der Waals surface area contributed by atoms with Gasteiger partial charge in [0, 0.05) is 43.5 Å². The summed E-state index contributed by atoms with van der Waals surface area (Å²) in [5.41, 5.74) is 2.44. The van der Waals surface area contributed by atoms with Crippen LogP contribution in [0.5, 0.6) is 0 Å². The van der Waals surface area contributed by atoms with Crippen LogP contribution in [0.4, 0.5) is 0 Å². The summed E-state index contributed by atoms with van der Waals surface area (Å²) in [5, 5.41) is 10.8. The van der Waals surface area contributed by atoms with Crippen molar-refractivity contribution < 1.29 is 5.11 Å². The summed E-state index contributed by atoms with van der Waals surface area (Å²) < 4.78 is 0. The maximum absolute atomic E-state index is 10.8. The lowest BCUT2D eigenvalue weighted by atomic mass is 9.91. The van der Waals surface area contributed by atoms with Gasteiger partial charge in [0.1, 0.15) is 0 Å². The van der Waals surface area contributed by atoms with Crippen molar-refractivity contribution in [2.75, 3.05) is 33.7 Å². The summed E-state index contributed by atoms with van der Waals surface area (Å²) in [6.45, 7) is 3.05. The van der Waals surface area contributed by atoms with Crippen molar-refractivity contribution in [3.63, 3.8) is 0 Å². The number of likely N-dealkylation sites (N-methyl/N-ethyl adjacent to an activating group) is 2. The molecule has 104 valence electrons. The van der Waals surface area contributed by atoms with Crippen molar-refractivity contribution in [3.8, 4) is 0 Å². The number of aliphatic hydroxyl groups is 1. The monoisotopic (exact) mass is 261 g/mol. The highest BCUT2D eigenvalue weighted by atomic mass is 16.3. The van der Waals surface area contributed by atoms with Crippen LogP contribution in [0.25, 0.3) is 0 Å². The Kier molecular flexibility index (Phi) is 3.56. The van der Waals surface area contributed by atoms with Crippen molar-refractivity contribution in [3.05, 3.63) is 29.6 Å². The Morgan fingerprint density at radius 1 is 1.37 bits per heavy atom. The Balaban J connectivity index is 1.79. The second kappa shape index (κ2) is 5.19. The molecule has 3 unspecified atom stereocenters. The molecule has 1 aliphatic carbocycles. The summed E-state index contributed by atoms with van der Waals surface area (Å²) in [7, 11) is 4.25. The summed E-state index contributed by atoms with van der Waals surface area (Å²) >= 11 is 0. The van der Waals surface area contributed by atoms with Gasteiger partial charge in [-0.1, -0.05) is 6.07 Å². The maximum Gasteiger partial charge on any atom is 0.0791 e. The summed E-state index contributed by atoms with van der Waals surface area (Å²) in [6, 6.07) is 4.36. The minimum absolute atomic E-state index is 0.204. The molecule has 2 aliphatic rings. The van der Waals surface area contributed by atoms with Gasteiger partial charge in [0.05, 0.1) is 6.10 Å². The van der Waals surface area contributed by atoms with Gasteiger partial charge < -0.3 is 10.0 Å². The molecule has 0 radical (unpaired) electrons. The standard InChI is InChI=1S/C15H23N3O/c1-17-8-9-18(2)13(10-17)15(19)12-6-5-11-4-3-7-16-14(11)12/h3-4,7,12-13,15,19H,5-6,8-10H2,1-2H3. The van der Waals surface area contributed by atoms with Gasteiger partial charge in [-0.2, -0.15) is 0 Å². The molecule has 0 bridgehead atoms. The smallest absolute Gasteiger partial charge is 0.0791 e. The number of aromatic nitrogens is 1. The van der Waals surface area contributed by atoms with Crippen molar-refractivity contribution in [1.82, 2.24) is 14.8 Å². The summed E-state index contributed by atoms with van der Waals surface area (Å²) in [5.74, 6) is 0.204. The molecule has 4 heteroatoms. The van der Waals surface area contributed by atoms with E-state index >= 15 is 0 Å². The van der Waals surface area contributed by atoms with Crippen LogP contribution in [0.3, 0.4) is 0 Å². The normalized spacial score (nSPS) is 30.3. The molecule has 1 aromatic rings. The molecule has 0 aromatic carbocycles. The molecule has 2 heterocycles. The molecule has 4 nitrogen and oxygen atoms in total. The summed E-state index contributed by atoms with van der Waals surface area (Å²) in [6.07, 6.45) is 3.61. The van der Waals surface area contributed by atoms with Gasteiger partial charge in [-0.25, -0.2) is 0 Å². The van der Waals surface area contributed by atoms with E-state index < -0.39 is 0 Å². The minimum atomic E-state index is -0.316. The van der Waals surface area contributed by atoms with Gasteiger partial charge in [-0.3, -0.25) is 9.88 Å². The van der Waals surface area contributed by atoms with Crippen molar-refractivity contribution in [1.29, 1.82) is 0 Å². The highest BCUT2D eigenvalue weighted by Gasteiger charge is 2.37. The molecule has 1 saturated heterocycles. The Morgan fingerprint density at radius 3 is 3.05 bits per heavy atom. The van der Waals surface area contributed by atoms with Crippen LogP contribution in [0.2, 0.25) is 0 Å². The van der Waals surface area contributed by atoms with E-state index in [2.05, 4.69) is 34.9 Å². The number of aliphatic hydroxyl groups excluding tert-OH is 1. The van der Waals surface area contributed by atoms with E-state index in [9.17, 15) is 5.11 Å². The highest BCUT2D eigenvalue weighted by Crippen LogP contribution is 2.35. The number of rotatable bonds is 2. The van der Waals surface area contributed by atoms with E-state index in [0.29, 0.717) is 0 Å². The minimum Gasteiger partial charge on any atom is -0.391 e. The van der Waals surface area contributed by atoms with Gasteiger partial charge in [0.2, 0.25) is 0 Å². The van der Waals surface area contributed by atoms with E-state index in [1.807, 2.05) is 12.3 Å². The van der Waals surface area contributed by atoms with E-state index in [1.54, 1.807) is 0 Å². The fourth-order valence-electron chi connectivity index (χ4n) is 3.46. The first kappa shape index (κ1) is 13.0. The van der Waals surface area contributed by atoms with E-state index in [4.69, 9.17) is 0 Å². The number of hydrogen-bond donors (Lipinski definition) is 1. The Bertz CT molecular complexity index is 451. The molecule has 0 saturated carbocycles. The SMILES string of the molecule is CN1CCN(C)C(C(O)C2CCc3cccnc32)C1. The number of aryl methyl sites for hydroxylation is 1. The van der Waals surface area contributed by atoms with Gasteiger partial charge in [0.15, 0.2) is 0 Å². The average Bonchev–Trinajstić information content (AvgIpc) is 2.84. The van der Waals surface area contributed by atoms with Crippen LogP contribution in [0.15, 0.2) is 18.3 Å². The first-order valence-corrected chi connectivity index (χ1v) is 7.17. The van der Waals surface area contributed by atoms with Crippen LogP contribution in [0, 0.1) is 0 Å². The van der Waals surface area contributed by atoms with Crippen LogP contribution in [0.1, 0.15) is 23.6 Å². The third kappa shape index (κ3) is 2.40. The quantitative estimate of drug-likeness (QED) is 0.851. The molecule has 3 atom stereocenters. The second-order valence-electron chi connectivity index (χ2n) is 5.99. The van der Waals surface area contributed by atoms with Gasteiger partial charge in [-0.15, -0.1) is 0 Å². The average molecular weight is 261 g/mol. The van der Waals surface area contributed by atoms with Crippen molar-refractivity contribution in [2.24, 2.45) is 0 Å². The molecule has 0 amide bonds. The van der Waals surface area contributed by atoms with Crippen LogP contribution in [-0.2, 0) is 6.42 Å². The first-order chi connectivity index (χ1) is 9.16. The molecule has 1 aliphatic heterocycles. The maximum atomic E-state index is 10.8. The van der Waals surface area contributed by atoms with Crippen LogP contribution < -0.4 is 0 Å². The topological polar surface area (TPSA) is 39.6 Å². The van der Waals surface area contributed by atoms with Gasteiger partial charge in [-0.05, 0) is 38.6 Å². The predicted molar refractivity (Wildman–Crippen MR) is 75.2 cm³/mol. The zero-order valence-electron chi connectivity index (χ0n) is 11.8. The lowest BCUT2D eigenvalue weighted by Gasteiger charge is -2.41. The van der Waals surface area contributed by atoms with Crippen molar-refractivity contribution in [2.45, 2.75) is 30.9 Å². The van der Waals surface area contributed by atoms with Crippen LogP contribution >= 0.6 is 0 Å². The molecule has 3 rings (SSSR count). The molecule has 1 aromatic heterocycles. The Hall–Kier alpha value is -0.970. The molecule has 19 heavy (non-hydrogen) atoms. The number of nitrogens with zero attached hydrogens (tertiary/aromatic N) is 3. The largest absolute Gasteiger partial charge is 0.391 e. The third-order valence-corrected chi connectivity index (χ3v) is 4.71. The van der Waals surface area contributed by atoms with Crippen LogP contribution in [-0.4, -0.2) is 65.8 Å². The first-order valence-electron chi connectivity index (χ1n) is 7.17. The molecule has 0 spiro atoms. The molecule has 1 N–H and O–H groups in total. The zero-order chi connectivity index (χ0) is 13.4. The molecule has 1 fully saturated rings. The Morgan fingerprint density at radius 2 is 2.21 bits per heavy atom.